The average Bonchev–Trinajstić information content (AvgIpc) is 2.48. The average molecular weight is 277 g/mol. The van der Waals surface area contributed by atoms with Crippen LogP contribution in [0.15, 0.2) is 30.3 Å². The topological polar surface area (TPSA) is 81.6 Å². The lowest BCUT2D eigenvalue weighted by Crippen LogP contribution is -2.57. The maximum atomic E-state index is 11.9. The minimum absolute atomic E-state index is 0.384. The molecule has 0 saturated carbocycles. The lowest BCUT2D eigenvalue weighted by Gasteiger charge is -2.37. The first kappa shape index (κ1) is 15.0. The molecule has 1 heterocycles. The number of benzene rings is 1. The Morgan fingerprint density at radius 3 is 2.50 bits per heavy atom. The van der Waals surface area contributed by atoms with Gasteiger partial charge in [0.25, 0.3) is 0 Å². The van der Waals surface area contributed by atoms with Crippen LogP contribution < -0.4 is 11.5 Å². The minimum atomic E-state index is -1.16. The van der Waals surface area contributed by atoms with Crippen molar-refractivity contribution >= 4 is 5.91 Å². The molecule has 1 saturated heterocycles. The Morgan fingerprint density at radius 2 is 1.95 bits per heavy atom. The Morgan fingerprint density at radius 1 is 1.35 bits per heavy atom. The van der Waals surface area contributed by atoms with E-state index in [4.69, 9.17) is 16.2 Å². The Kier molecular flexibility index (Phi) is 4.75. The van der Waals surface area contributed by atoms with Crippen LogP contribution in [-0.2, 0) is 15.1 Å². The third kappa shape index (κ3) is 3.17. The molecule has 20 heavy (non-hydrogen) atoms. The highest BCUT2D eigenvalue weighted by Gasteiger charge is 2.36. The molecule has 1 aromatic rings. The van der Waals surface area contributed by atoms with E-state index in [1.54, 1.807) is 0 Å². The summed E-state index contributed by atoms with van der Waals surface area (Å²) in [5.74, 6) is -0.498. The Balaban J connectivity index is 2.15. The van der Waals surface area contributed by atoms with Gasteiger partial charge in [0.05, 0.1) is 0 Å². The van der Waals surface area contributed by atoms with Gasteiger partial charge in [-0.25, -0.2) is 0 Å². The fraction of sp³-hybridized carbons (Fsp3) is 0.533. The van der Waals surface area contributed by atoms with Crippen molar-refractivity contribution in [3.63, 3.8) is 0 Å². The van der Waals surface area contributed by atoms with Gasteiger partial charge in [-0.1, -0.05) is 30.3 Å². The molecule has 5 nitrogen and oxygen atoms in total. The maximum Gasteiger partial charge on any atom is 0.243 e. The molecule has 1 fully saturated rings. The van der Waals surface area contributed by atoms with Crippen LogP contribution in [0.25, 0.3) is 0 Å². The number of rotatable bonds is 5. The van der Waals surface area contributed by atoms with Crippen LogP contribution in [0.4, 0.5) is 0 Å². The number of hydrogen-bond donors (Lipinski definition) is 2. The van der Waals surface area contributed by atoms with E-state index < -0.39 is 11.4 Å². The maximum absolute atomic E-state index is 11.9. The number of hydrogen-bond acceptors (Lipinski definition) is 4. The summed E-state index contributed by atoms with van der Waals surface area (Å²) in [7, 11) is 1.99. The molecule has 4 N–H and O–H groups in total. The molecular weight excluding hydrogens is 254 g/mol. The fourth-order valence-electron chi connectivity index (χ4n) is 2.70. The third-order valence-corrected chi connectivity index (χ3v) is 4.04. The van der Waals surface area contributed by atoms with E-state index in [1.807, 2.05) is 37.4 Å². The molecule has 0 aliphatic carbocycles. The SMILES string of the molecule is CN(CC(N)(C(N)=O)c1ccccc1)C1CCOCC1. The lowest BCUT2D eigenvalue weighted by atomic mass is 9.89. The molecule has 5 heteroatoms. The minimum Gasteiger partial charge on any atom is -0.381 e. The van der Waals surface area contributed by atoms with Crippen LogP contribution in [0.5, 0.6) is 0 Å². The molecule has 2 rings (SSSR count). The zero-order valence-corrected chi connectivity index (χ0v) is 11.9. The molecule has 1 unspecified atom stereocenters. The van der Waals surface area contributed by atoms with Gasteiger partial charge in [-0.15, -0.1) is 0 Å². The van der Waals surface area contributed by atoms with Crippen LogP contribution in [-0.4, -0.2) is 43.7 Å². The smallest absolute Gasteiger partial charge is 0.243 e. The summed E-state index contributed by atoms with van der Waals surface area (Å²) < 4.78 is 5.36. The van der Waals surface area contributed by atoms with Crippen molar-refractivity contribution < 1.29 is 9.53 Å². The summed E-state index contributed by atoms with van der Waals surface area (Å²) >= 11 is 0. The lowest BCUT2D eigenvalue weighted by molar-refractivity contribution is -0.124. The number of carbonyl (C=O) groups is 1. The van der Waals surface area contributed by atoms with Crippen molar-refractivity contribution in [3.8, 4) is 0 Å². The highest BCUT2D eigenvalue weighted by Crippen LogP contribution is 2.22. The summed E-state index contributed by atoms with van der Waals surface area (Å²) in [6.07, 6.45) is 1.92. The first-order valence-corrected chi connectivity index (χ1v) is 6.96. The second-order valence-electron chi connectivity index (χ2n) is 5.46. The van der Waals surface area contributed by atoms with Gasteiger partial charge in [0.2, 0.25) is 5.91 Å². The van der Waals surface area contributed by atoms with E-state index in [2.05, 4.69) is 4.90 Å². The van der Waals surface area contributed by atoms with Gasteiger partial charge in [0, 0.05) is 25.8 Å². The third-order valence-electron chi connectivity index (χ3n) is 4.04. The zero-order valence-electron chi connectivity index (χ0n) is 11.9. The van der Waals surface area contributed by atoms with Crippen molar-refractivity contribution in [1.82, 2.24) is 4.90 Å². The molecule has 0 aromatic heterocycles. The van der Waals surface area contributed by atoms with E-state index in [0.717, 1.165) is 31.6 Å². The quantitative estimate of drug-likeness (QED) is 0.818. The van der Waals surface area contributed by atoms with E-state index in [0.29, 0.717) is 12.6 Å². The summed E-state index contributed by atoms with van der Waals surface area (Å²) in [6, 6.07) is 9.72. The summed E-state index contributed by atoms with van der Waals surface area (Å²) in [5, 5.41) is 0. The molecule has 1 aromatic carbocycles. The van der Waals surface area contributed by atoms with Gasteiger partial charge in [-0.3, -0.25) is 4.79 Å². The van der Waals surface area contributed by atoms with Gasteiger partial charge in [0.15, 0.2) is 0 Å². The van der Waals surface area contributed by atoms with Crippen LogP contribution in [0.2, 0.25) is 0 Å². The molecule has 110 valence electrons. The van der Waals surface area contributed by atoms with Gasteiger partial charge in [-0.2, -0.15) is 0 Å². The first-order chi connectivity index (χ1) is 9.54. The second kappa shape index (κ2) is 6.35. The fourth-order valence-corrected chi connectivity index (χ4v) is 2.70. The van der Waals surface area contributed by atoms with Gasteiger partial charge >= 0.3 is 0 Å². The molecule has 0 radical (unpaired) electrons. The van der Waals surface area contributed by atoms with Crippen LogP contribution in [0.3, 0.4) is 0 Å². The van der Waals surface area contributed by atoms with Crippen LogP contribution in [0.1, 0.15) is 18.4 Å². The van der Waals surface area contributed by atoms with Crippen molar-refractivity contribution in [3.05, 3.63) is 35.9 Å². The Labute approximate surface area is 119 Å². The monoisotopic (exact) mass is 277 g/mol. The van der Waals surface area contributed by atoms with Gasteiger partial charge in [-0.05, 0) is 25.5 Å². The number of carbonyl (C=O) groups excluding carboxylic acids is 1. The summed E-state index contributed by atoms with van der Waals surface area (Å²) in [6.45, 7) is 1.93. The number of primary amides is 1. The largest absolute Gasteiger partial charge is 0.381 e. The molecule has 0 spiro atoms. The molecule has 1 amide bonds. The highest BCUT2D eigenvalue weighted by atomic mass is 16.5. The highest BCUT2D eigenvalue weighted by molar-refractivity contribution is 5.86. The molecule has 0 bridgehead atoms. The Hall–Kier alpha value is -1.43. The van der Waals surface area contributed by atoms with Gasteiger partial charge in [0.1, 0.15) is 5.54 Å². The second-order valence-corrected chi connectivity index (χ2v) is 5.46. The molecule has 1 aliphatic heterocycles. The van der Waals surface area contributed by atoms with Crippen LogP contribution >= 0.6 is 0 Å². The van der Waals surface area contributed by atoms with Crippen molar-refractivity contribution in [2.45, 2.75) is 24.4 Å². The number of nitrogens with zero attached hydrogens (tertiary/aromatic N) is 1. The van der Waals surface area contributed by atoms with E-state index >= 15 is 0 Å². The number of likely N-dealkylation sites (N-methyl/N-ethyl adjacent to an activating group) is 1. The van der Waals surface area contributed by atoms with Gasteiger partial charge < -0.3 is 21.1 Å². The number of nitrogens with two attached hydrogens (primary N) is 2. The number of ether oxygens (including phenoxy) is 1. The predicted molar refractivity (Wildman–Crippen MR) is 78.0 cm³/mol. The van der Waals surface area contributed by atoms with Crippen molar-refractivity contribution in [2.24, 2.45) is 11.5 Å². The summed E-state index contributed by atoms with van der Waals surface area (Å²) in [4.78, 5) is 14.0. The van der Waals surface area contributed by atoms with E-state index in [9.17, 15) is 4.79 Å². The Bertz CT molecular complexity index is 446. The van der Waals surface area contributed by atoms with E-state index in [-0.39, 0.29) is 0 Å². The van der Waals surface area contributed by atoms with E-state index in [1.165, 1.54) is 0 Å². The summed E-state index contributed by atoms with van der Waals surface area (Å²) in [5.41, 5.74) is 11.5. The first-order valence-electron chi connectivity index (χ1n) is 6.96. The predicted octanol–water partition coefficient (Wildman–Crippen LogP) is 0.437. The molecule has 1 atom stereocenters. The van der Waals surface area contributed by atoms with Crippen LogP contribution in [0, 0.1) is 0 Å². The van der Waals surface area contributed by atoms with Crippen molar-refractivity contribution in [2.75, 3.05) is 26.8 Å². The number of amides is 1. The standard InChI is InChI=1S/C15H23N3O2/c1-18(13-7-9-20-10-8-13)11-15(17,14(16)19)12-5-3-2-4-6-12/h2-6,13H,7-11,17H2,1H3,(H2,16,19). The normalized spacial score (nSPS) is 19.8. The molecule has 1 aliphatic rings. The molecular formula is C15H23N3O2. The van der Waals surface area contributed by atoms with Crippen molar-refractivity contribution in [1.29, 1.82) is 0 Å². The zero-order chi connectivity index (χ0) is 14.6.